The number of aliphatic hydroxyl groups is 2. The highest BCUT2D eigenvalue weighted by atomic mass is 16.5. The summed E-state index contributed by atoms with van der Waals surface area (Å²) in [5.74, 6) is 0.485. The van der Waals surface area contributed by atoms with Crippen LogP contribution in [0.4, 0.5) is 0 Å². The van der Waals surface area contributed by atoms with Crippen molar-refractivity contribution < 1.29 is 24.3 Å². The molecule has 4 rings (SSSR count). The highest BCUT2D eigenvalue weighted by Gasteiger charge is 2.33. The molecule has 2 N–H and O–H groups in total. The SMILES string of the molecule is O=C1CCCC(=NCCO)/C1=C(/O)CCc1noc2c1C(=O)CC(c1ccccc1)C2. The quantitative estimate of drug-likeness (QED) is 0.544. The maximum atomic E-state index is 12.8. The molecule has 0 saturated heterocycles. The van der Waals surface area contributed by atoms with Crippen LogP contribution in [0.3, 0.4) is 0 Å². The van der Waals surface area contributed by atoms with E-state index >= 15 is 0 Å². The van der Waals surface area contributed by atoms with Gasteiger partial charge in [0, 0.05) is 37.8 Å². The highest BCUT2D eigenvalue weighted by molar-refractivity contribution is 6.24. The molecule has 7 nitrogen and oxygen atoms in total. The number of carbonyl (C=O) groups excluding carboxylic acids is 2. The first-order valence-corrected chi connectivity index (χ1v) is 10.7. The average Bonchev–Trinajstić information content (AvgIpc) is 3.20. The van der Waals surface area contributed by atoms with Crippen LogP contribution in [0.15, 0.2) is 51.2 Å². The molecule has 7 heteroatoms. The van der Waals surface area contributed by atoms with Crippen LogP contribution in [0.1, 0.15) is 65.4 Å². The lowest BCUT2D eigenvalue weighted by Gasteiger charge is -2.20. The lowest BCUT2D eigenvalue weighted by atomic mass is 9.81. The molecule has 31 heavy (non-hydrogen) atoms. The lowest BCUT2D eigenvalue weighted by Crippen LogP contribution is -2.22. The number of aromatic nitrogens is 1. The molecular weight excluding hydrogens is 396 g/mol. The number of allylic oxidation sites excluding steroid dienone is 2. The predicted octanol–water partition coefficient (Wildman–Crippen LogP) is 3.52. The van der Waals surface area contributed by atoms with Gasteiger partial charge in [0.1, 0.15) is 11.5 Å². The van der Waals surface area contributed by atoms with Crippen LogP contribution >= 0.6 is 0 Å². The van der Waals surface area contributed by atoms with E-state index < -0.39 is 0 Å². The minimum absolute atomic E-state index is 0.00237. The first-order valence-electron chi connectivity index (χ1n) is 10.7. The molecule has 1 fully saturated rings. The van der Waals surface area contributed by atoms with Gasteiger partial charge in [-0.1, -0.05) is 35.5 Å². The molecule has 0 amide bonds. The van der Waals surface area contributed by atoms with E-state index in [-0.39, 0.29) is 48.4 Å². The Morgan fingerprint density at radius 2 is 1.94 bits per heavy atom. The smallest absolute Gasteiger partial charge is 0.168 e. The van der Waals surface area contributed by atoms with Gasteiger partial charge in [-0.2, -0.15) is 0 Å². The number of ketones is 2. The van der Waals surface area contributed by atoms with E-state index in [0.29, 0.717) is 61.3 Å². The number of hydrogen-bond acceptors (Lipinski definition) is 7. The van der Waals surface area contributed by atoms with E-state index in [1.165, 1.54) is 0 Å². The van der Waals surface area contributed by atoms with Gasteiger partial charge < -0.3 is 14.7 Å². The molecule has 1 heterocycles. The van der Waals surface area contributed by atoms with Gasteiger partial charge in [-0.15, -0.1) is 0 Å². The van der Waals surface area contributed by atoms with Crippen LogP contribution in [0.25, 0.3) is 0 Å². The topological polar surface area (TPSA) is 113 Å². The Hall–Kier alpha value is -3.06. The highest BCUT2D eigenvalue weighted by Crippen LogP contribution is 2.35. The van der Waals surface area contributed by atoms with Gasteiger partial charge in [0.25, 0.3) is 0 Å². The largest absolute Gasteiger partial charge is 0.511 e. The van der Waals surface area contributed by atoms with Crippen molar-refractivity contribution in [3.05, 3.63) is 64.2 Å². The molecular formula is C24H26N2O5. The van der Waals surface area contributed by atoms with E-state index in [0.717, 1.165) is 5.56 Å². The Kier molecular flexibility index (Phi) is 6.42. The molecule has 2 aliphatic carbocycles. The summed E-state index contributed by atoms with van der Waals surface area (Å²) in [5.41, 5.74) is 2.96. The zero-order chi connectivity index (χ0) is 21.8. The van der Waals surface area contributed by atoms with Crippen molar-refractivity contribution in [3.8, 4) is 0 Å². The first kappa shape index (κ1) is 21.2. The summed E-state index contributed by atoms with van der Waals surface area (Å²) in [7, 11) is 0. The summed E-state index contributed by atoms with van der Waals surface area (Å²) in [4.78, 5) is 29.5. The Morgan fingerprint density at radius 3 is 2.71 bits per heavy atom. The second kappa shape index (κ2) is 9.39. The zero-order valence-corrected chi connectivity index (χ0v) is 17.3. The normalized spacial score (nSPS) is 22.0. The number of carbonyl (C=O) groups is 2. The average molecular weight is 422 g/mol. The molecule has 1 saturated carbocycles. The van der Waals surface area contributed by atoms with E-state index in [2.05, 4.69) is 10.1 Å². The van der Waals surface area contributed by atoms with Gasteiger partial charge in [-0.05, 0) is 24.3 Å². The monoisotopic (exact) mass is 422 g/mol. The molecule has 1 unspecified atom stereocenters. The molecule has 0 bridgehead atoms. The van der Waals surface area contributed by atoms with Crippen LogP contribution in [0.5, 0.6) is 0 Å². The van der Waals surface area contributed by atoms with Gasteiger partial charge >= 0.3 is 0 Å². The van der Waals surface area contributed by atoms with Crippen LogP contribution in [-0.2, 0) is 17.6 Å². The molecule has 1 aromatic heterocycles. The summed E-state index contributed by atoms with van der Waals surface area (Å²) in [6, 6.07) is 9.90. The van der Waals surface area contributed by atoms with Gasteiger partial charge in [0.2, 0.25) is 0 Å². The predicted molar refractivity (Wildman–Crippen MR) is 115 cm³/mol. The van der Waals surface area contributed by atoms with E-state index in [4.69, 9.17) is 9.63 Å². The number of aryl methyl sites for hydroxylation is 1. The molecule has 2 aromatic rings. The number of fused-ring (bicyclic) bond motifs is 1. The molecule has 1 aromatic carbocycles. The van der Waals surface area contributed by atoms with Crippen molar-refractivity contribution in [2.75, 3.05) is 13.2 Å². The Balaban J connectivity index is 1.51. The summed E-state index contributed by atoms with van der Waals surface area (Å²) in [6.45, 7) is 0.0934. The van der Waals surface area contributed by atoms with Gasteiger partial charge in [-0.25, -0.2) is 0 Å². The fourth-order valence-corrected chi connectivity index (χ4v) is 4.43. The third kappa shape index (κ3) is 4.51. The molecule has 0 radical (unpaired) electrons. The van der Waals surface area contributed by atoms with E-state index in [9.17, 15) is 14.7 Å². The number of hydrogen-bond donors (Lipinski definition) is 2. The van der Waals surface area contributed by atoms with E-state index in [1.807, 2.05) is 30.3 Å². The number of nitrogens with zero attached hydrogens (tertiary/aromatic N) is 2. The van der Waals surface area contributed by atoms with Crippen molar-refractivity contribution in [2.45, 2.75) is 50.9 Å². The summed E-state index contributed by atoms with van der Waals surface area (Å²) in [6.07, 6.45) is 3.15. The third-order valence-corrected chi connectivity index (χ3v) is 5.92. The lowest BCUT2D eigenvalue weighted by molar-refractivity contribution is -0.115. The first-order chi connectivity index (χ1) is 15.1. The Morgan fingerprint density at radius 1 is 1.13 bits per heavy atom. The number of benzene rings is 1. The number of aliphatic imine (C=N–C) groups is 1. The fourth-order valence-electron chi connectivity index (χ4n) is 4.43. The van der Waals surface area contributed by atoms with Crippen molar-refractivity contribution in [2.24, 2.45) is 4.99 Å². The van der Waals surface area contributed by atoms with Gasteiger partial charge in [0.05, 0.1) is 30.0 Å². The number of Topliss-reactive ketones (excluding diaryl/α,β-unsaturated/α-hetero) is 2. The Bertz CT molecular complexity index is 1040. The van der Waals surface area contributed by atoms with Crippen molar-refractivity contribution in [3.63, 3.8) is 0 Å². The molecule has 0 spiro atoms. The van der Waals surface area contributed by atoms with Crippen molar-refractivity contribution in [1.29, 1.82) is 0 Å². The minimum atomic E-state index is -0.135. The van der Waals surface area contributed by atoms with E-state index in [1.54, 1.807) is 0 Å². The standard InChI is InChI=1S/C24H26N2O5/c27-12-11-25-17-7-4-8-19(28)23(17)20(29)10-9-18-24-21(30)13-16(14-22(24)31-26-18)15-5-2-1-3-6-15/h1-3,5-6,16,27,29H,4,7-14H2/b23-20-,25-17?. The maximum absolute atomic E-state index is 12.8. The van der Waals surface area contributed by atoms with Crippen LogP contribution in [0, 0.1) is 0 Å². The molecule has 2 aliphatic rings. The fraction of sp³-hybridized carbons (Fsp3) is 0.417. The second-order valence-corrected chi connectivity index (χ2v) is 8.02. The molecule has 0 aliphatic heterocycles. The number of aliphatic hydroxyl groups excluding tert-OH is 2. The van der Waals surface area contributed by atoms with Gasteiger partial charge in [0.15, 0.2) is 11.6 Å². The molecule has 1 atom stereocenters. The zero-order valence-electron chi connectivity index (χ0n) is 17.3. The third-order valence-electron chi connectivity index (χ3n) is 5.92. The van der Waals surface area contributed by atoms with Crippen LogP contribution in [0.2, 0.25) is 0 Å². The Labute approximate surface area is 180 Å². The van der Waals surface area contributed by atoms with Gasteiger partial charge in [-0.3, -0.25) is 14.6 Å². The van der Waals surface area contributed by atoms with Crippen LogP contribution < -0.4 is 0 Å². The minimum Gasteiger partial charge on any atom is -0.511 e. The van der Waals surface area contributed by atoms with Crippen molar-refractivity contribution in [1.82, 2.24) is 5.16 Å². The maximum Gasteiger partial charge on any atom is 0.168 e. The molecule has 162 valence electrons. The number of rotatable bonds is 6. The van der Waals surface area contributed by atoms with Crippen molar-refractivity contribution >= 4 is 17.3 Å². The van der Waals surface area contributed by atoms with Crippen LogP contribution in [-0.4, -0.2) is 45.8 Å². The summed E-state index contributed by atoms with van der Waals surface area (Å²) in [5, 5.41) is 23.8. The second-order valence-electron chi connectivity index (χ2n) is 8.02. The summed E-state index contributed by atoms with van der Waals surface area (Å²) >= 11 is 0. The summed E-state index contributed by atoms with van der Waals surface area (Å²) < 4.78 is 5.50.